The van der Waals surface area contributed by atoms with Crippen LogP contribution in [-0.4, -0.2) is 0 Å². The molecule has 0 saturated heterocycles. The van der Waals surface area contributed by atoms with E-state index in [-0.39, 0.29) is 0 Å². The summed E-state index contributed by atoms with van der Waals surface area (Å²) in [7, 11) is 0. The number of fused-ring (bicyclic) bond motifs is 8. The summed E-state index contributed by atoms with van der Waals surface area (Å²) in [5, 5.41) is 38.1. The van der Waals surface area contributed by atoms with Crippen LogP contribution in [0.5, 0.6) is 0 Å². The van der Waals surface area contributed by atoms with Gasteiger partial charge in [-0.15, -0.1) is 0 Å². The van der Waals surface area contributed by atoms with E-state index in [0.29, 0.717) is 22.3 Å². The Morgan fingerprint density at radius 1 is 0.312 bits per heavy atom. The lowest BCUT2D eigenvalue weighted by molar-refractivity contribution is 1.44. The lowest BCUT2D eigenvalue weighted by Gasteiger charge is -2.23. The molecule has 0 spiro atoms. The molecule has 0 aromatic heterocycles. The Labute approximate surface area is 185 Å². The number of nitriles is 4. The molecular formula is C28H12N4. The van der Waals surface area contributed by atoms with Crippen molar-refractivity contribution >= 4 is 0 Å². The van der Waals surface area contributed by atoms with Crippen LogP contribution < -0.4 is 0 Å². The van der Waals surface area contributed by atoms with E-state index in [9.17, 15) is 21.0 Å². The zero-order valence-electron chi connectivity index (χ0n) is 16.7. The minimum atomic E-state index is 0.526. The summed E-state index contributed by atoms with van der Waals surface area (Å²) in [6.45, 7) is 0. The fourth-order valence-corrected chi connectivity index (χ4v) is 4.29. The zero-order chi connectivity index (χ0) is 22.2. The second-order valence-electron chi connectivity index (χ2n) is 7.49. The minimum absolute atomic E-state index is 0.526. The van der Waals surface area contributed by atoms with Crippen molar-refractivity contribution in [1.82, 2.24) is 0 Å². The van der Waals surface area contributed by atoms with E-state index in [0.717, 1.165) is 44.5 Å². The van der Waals surface area contributed by atoms with Gasteiger partial charge in [-0.3, -0.25) is 0 Å². The third-order valence-electron chi connectivity index (χ3n) is 5.76. The molecule has 32 heavy (non-hydrogen) atoms. The Morgan fingerprint density at radius 3 is 0.719 bits per heavy atom. The average molecular weight is 404 g/mol. The van der Waals surface area contributed by atoms with Gasteiger partial charge < -0.3 is 0 Å². The van der Waals surface area contributed by atoms with Crippen LogP contribution in [0.1, 0.15) is 22.3 Å². The number of benzene rings is 4. The molecular weight excluding hydrogens is 392 g/mol. The van der Waals surface area contributed by atoms with Gasteiger partial charge in [0.15, 0.2) is 0 Å². The standard InChI is InChI=1S/C28H12N4/c29-13-17-1-5-21-25(9-17)22-6-2-19(15-31)11-27(22)24-8-4-20(16-32)12-28(24)23-7-3-18(14-30)10-26(21)23/h1-12H. The summed E-state index contributed by atoms with van der Waals surface area (Å²) < 4.78 is 0. The van der Waals surface area contributed by atoms with Crippen molar-refractivity contribution < 1.29 is 0 Å². The van der Waals surface area contributed by atoms with E-state index in [1.54, 1.807) is 24.3 Å². The van der Waals surface area contributed by atoms with Gasteiger partial charge in [0, 0.05) is 0 Å². The summed E-state index contributed by atoms with van der Waals surface area (Å²) >= 11 is 0. The topological polar surface area (TPSA) is 95.2 Å². The van der Waals surface area contributed by atoms with Gasteiger partial charge in [0.2, 0.25) is 0 Å². The molecule has 0 atom stereocenters. The lowest BCUT2D eigenvalue weighted by atomic mass is 9.79. The molecule has 0 aliphatic heterocycles. The van der Waals surface area contributed by atoms with Crippen molar-refractivity contribution in [1.29, 1.82) is 21.0 Å². The van der Waals surface area contributed by atoms with Crippen LogP contribution in [0.25, 0.3) is 44.5 Å². The number of nitrogens with zero attached hydrogens (tertiary/aromatic N) is 4. The first kappa shape index (κ1) is 18.8. The molecule has 0 radical (unpaired) electrons. The average Bonchev–Trinajstić information content (AvgIpc) is 2.86. The first-order chi connectivity index (χ1) is 15.7. The van der Waals surface area contributed by atoms with Crippen LogP contribution in [0, 0.1) is 45.3 Å². The molecule has 0 fully saturated rings. The van der Waals surface area contributed by atoms with Crippen LogP contribution in [0.15, 0.2) is 72.8 Å². The molecule has 4 nitrogen and oxygen atoms in total. The van der Waals surface area contributed by atoms with Crippen LogP contribution in [0.4, 0.5) is 0 Å². The molecule has 4 heteroatoms. The third-order valence-corrected chi connectivity index (χ3v) is 5.76. The Hall–Kier alpha value is -5.16. The molecule has 5 rings (SSSR count). The van der Waals surface area contributed by atoms with Crippen molar-refractivity contribution in [3.8, 4) is 68.8 Å². The van der Waals surface area contributed by atoms with E-state index in [4.69, 9.17) is 0 Å². The van der Waals surface area contributed by atoms with Gasteiger partial charge in [-0.25, -0.2) is 0 Å². The molecule has 4 aromatic carbocycles. The fourth-order valence-electron chi connectivity index (χ4n) is 4.29. The van der Waals surface area contributed by atoms with Crippen molar-refractivity contribution in [3.63, 3.8) is 0 Å². The quantitative estimate of drug-likeness (QED) is 0.309. The first-order valence-corrected chi connectivity index (χ1v) is 9.85. The monoisotopic (exact) mass is 404 g/mol. The summed E-state index contributed by atoms with van der Waals surface area (Å²) in [5.41, 5.74) is 9.07. The van der Waals surface area contributed by atoms with Gasteiger partial charge in [-0.2, -0.15) is 21.0 Å². The second-order valence-corrected chi connectivity index (χ2v) is 7.49. The largest absolute Gasteiger partial charge is 0.192 e. The second kappa shape index (κ2) is 7.27. The zero-order valence-corrected chi connectivity index (χ0v) is 16.7. The summed E-state index contributed by atoms with van der Waals surface area (Å²) in [6.07, 6.45) is 0. The van der Waals surface area contributed by atoms with E-state index >= 15 is 0 Å². The maximum atomic E-state index is 9.52. The predicted molar refractivity (Wildman–Crippen MR) is 121 cm³/mol. The molecule has 144 valence electrons. The predicted octanol–water partition coefficient (Wildman–Crippen LogP) is 6.15. The van der Waals surface area contributed by atoms with E-state index in [2.05, 4.69) is 24.3 Å². The van der Waals surface area contributed by atoms with Gasteiger partial charge in [0.25, 0.3) is 0 Å². The Balaban J connectivity index is 2.01. The fraction of sp³-hybridized carbons (Fsp3) is 0. The molecule has 0 N–H and O–H groups in total. The summed E-state index contributed by atoms with van der Waals surface area (Å²) in [5.74, 6) is 0. The number of hydrogen-bond donors (Lipinski definition) is 0. The molecule has 1 aliphatic carbocycles. The van der Waals surface area contributed by atoms with Crippen molar-refractivity contribution in [2.75, 3.05) is 0 Å². The number of hydrogen-bond acceptors (Lipinski definition) is 4. The highest BCUT2D eigenvalue weighted by Gasteiger charge is 2.23. The summed E-state index contributed by atoms with van der Waals surface area (Å²) in [4.78, 5) is 0. The van der Waals surface area contributed by atoms with Crippen LogP contribution >= 0.6 is 0 Å². The smallest absolute Gasteiger partial charge is 0.0991 e. The molecule has 0 bridgehead atoms. The van der Waals surface area contributed by atoms with Crippen LogP contribution in [-0.2, 0) is 0 Å². The number of rotatable bonds is 0. The van der Waals surface area contributed by atoms with Crippen LogP contribution in [0.3, 0.4) is 0 Å². The Morgan fingerprint density at radius 2 is 0.531 bits per heavy atom. The van der Waals surface area contributed by atoms with E-state index in [1.807, 2.05) is 48.5 Å². The maximum Gasteiger partial charge on any atom is 0.0991 e. The van der Waals surface area contributed by atoms with Gasteiger partial charge >= 0.3 is 0 Å². The Kier molecular flexibility index (Phi) is 4.28. The minimum Gasteiger partial charge on any atom is -0.192 e. The molecule has 0 heterocycles. The highest BCUT2D eigenvalue weighted by atomic mass is 14.3. The maximum absolute atomic E-state index is 9.52. The molecule has 4 aromatic rings. The highest BCUT2D eigenvalue weighted by molar-refractivity contribution is 6.03. The van der Waals surface area contributed by atoms with E-state index < -0.39 is 0 Å². The highest BCUT2D eigenvalue weighted by Crippen LogP contribution is 2.48. The van der Waals surface area contributed by atoms with Crippen molar-refractivity contribution in [2.45, 2.75) is 0 Å². The lowest BCUT2D eigenvalue weighted by Crippen LogP contribution is -1.99. The van der Waals surface area contributed by atoms with Crippen molar-refractivity contribution in [3.05, 3.63) is 95.1 Å². The molecule has 0 saturated carbocycles. The molecule has 0 amide bonds. The van der Waals surface area contributed by atoms with Gasteiger partial charge in [0.1, 0.15) is 0 Å². The first-order valence-electron chi connectivity index (χ1n) is 9.85. The van der Waals surface area contributed by atoms with Crippen molar-refractivity contribution in [2.24, 2.45) is 0 Å². The van der Waals surface area contributed by atoms with Gasteiger partial charge in [-0.1, -0.05) is 24.3 Å². The molecule has 1 aliphatic rings. The SMILES string of the molecule is N#Cc1ccc2c(c1)-c1ccc(C#N)cc1-c1ccc(C#N)cc1-c1ccc(C#N)cc1-2. The third kappa shape index (κ3) is 2.81. The normalized spacial score (nSPS) is 10.4. The van der Waals surface area contributed by atoms with E-state index in [1.165, 1.54) is 0 Å². The van der Waals surface area contributed by atoms with Gasteiger partial charge in [0.05, 0.1) is 46.5 Å². The van der Waals surface area contributed by atoms with Gasteiger partial charge in [-0.05, 0) is 93.0 Å². The van der Waals surface area contributed by atoms with Crippen LogP contribution in [0.2, 0.25) is 0 Å². The summed E-state index contributed by atoms with van der Waals surface area (Å²) in [6, 6.07) is 30.8. The Bertz CT molecular complexity index is 1340. The molecule has 0 unspecified atom stereocenters.